The molecule has 0 atom stereocenters. The van der Waals surface area contributed by atoms with Gasteiger partial charge in [0.15, 0.2) is 15.6 Å². The van der Waals surface area contributed by atoms with E-state index in [0.29, 0.717) is 36.4 Å². The quantitative estimate of drug-likeness (QED) is 0.0385. The van der Waals surface area contributed by atoms with Crippen molar-refractivity contribution in [3.05, 3.63) is 59.9 Å². The molecular weight excluding hydrogens is 1010 g/mol. The second kappa shape index (κ2) is 17.6. The van der Waals surface area contributed by atoms with Crippen LogP contribution in [0.1, 0.15) is 0 Å². The first-order chi connectivity index (χ1) is 29.2. The lowest BCUT2D eigenvalue weighted by Crippen LogP contribution is -2.19. The number of aromatic hydroxyl groups is 1. The first kappa shape index (κ1) is 49.2. The number of azo groups is 1. The van der Waals surface area contributed by atoms with E-state index in [1.807, 2.05) is 0 Å². The maximum Gasteiger partial charge on any atom is 0.397 e. The first-order valence-electron chi connectivity index (χ1n) is 16.0. The number of fused-ring (bicyclic) bond motifs is 1. The lowest BCUT2D eigenvalue weighted by Gasteiger charge is -2.14. The van der Waals surface area contributed by atoms with E-state index in [4.69, 9.17) is 21.9 Å². The maximum atomic E-state index is 12.9. The lowest BCUT2D eigenvalue weighted by molar-refractivity contribution is 0.259. The van der Waals surface area contributed by atoms with Crippen molar-refractivity contribution >= 4 is 129 Å². The van der Waals surface area contributed by atoms with E-state index < -0.39 is 149 Å². The Morgan fingerprint density at radius 1 is 0.656 bits per heavy atom. The van der Waals surface area contributed by atoms with Crippen LogP contribution in [0.25, 0.3) is 10.8 Å². The highest BCUT2D eigenvalue weighted by atomic mass is 35.5. The van der Waals surface area contributed by atoms with Crippen molar-refractivity contribution in [2.24, 2.45) is 16.0 Å². The maximum absolute atomic E-state index is 12.9. The Morgan fingerprint density at radius 3 is 1.80 bits per heavy atom. The van der Waals surface area contributed by atoms with Gasteiger partial charge in [-0.05, 0) is 71.6 Å². The minimum Gasteiger partial charge on any atom is -0.504 e. The molecule has 0 aliphatic carbocycles. The van der Waals surface area contributed by atoms with Gasteiger partial charge in [0.05, 0.1) is 33.5 Å². The number of urea groups is 1. The van der Waals surface area contributed by atoms with Crippen molar-refractivity contribution < 1.29 is 87.4 Å². The minimum absolute atomic E-state index is 0.0515. The molecule has 4 aromatic carbocycles. The van der Waals surface area contributed by atoms with Crippen LogP contribution in [-0.4, -0.2) is 112 Å². The molecule has 0 unspecified atom stereocenters. The molecule has 0 aliphatic rings. The number of halogens is 1. The molecular formula is C28H24ClN9O20S6. The number of amides is 2. The van der Waals surface area contributed by atoms with Gasteiger partial charge in [-0.1, -0.05) is 0 Å². The van der Waals surface area contributed by atoms with E-state index >= 15 is 0 Å². The van der Waals surface area contributed by atoms with Gasteiger partial charge < -0.3 is 26.8 Å². The predicted molar refractivity (Wildman–Crippen MR) is 216 cm³/mol. The smallest absolute Gasteiger partial charge is 0.397 e. The monoisotopic (exact) mass is 1030 g/mol. The van der Waals surface area contributed by atoms with Gasteiger partial charge in [-0.3, -0.25) is 22.8 Å². The highest BCUT2D eigenvalue weighted by molar-refractivity contribution is 7.91. The number of primary amides is 1. The molecule has 1 heterocycles. The summed E-state index contributed by atoms with van der Waals surface area (Å²) in [5.74, 6) is -3.55. The van der Waals surface area contributed by atoms with Crippen molar-refractivity contribution in [2.45, 2.75) is 24.5 Å². The average molecular weight is 1030 g/mol. The van der Waals surface area contributed by atoms with Crippen LogP contribution >= 0.6 is 11.6 Å². The number of hydrogen-bond donors (Lipinski definition) is 10. The standard InChI is InChI=1S/C28H24ClN9O20S6/c29-25-34-27(36-28(35-25)33-20-8-14(9-23(24(20)39)63(52,53)54)59(41,42)4-3-58-64(55,56)57)31-13-1-2-17(18(7-13)32-26(30)40)37-38-19-11-16-12(6-22(19)62(49,50)51)5-15(60(43,44)45)10-21(16)61(46,47)48/h1-2,5-11,39H,3-4H2,(H3,30,32,40)(H,43,44,45)(H,46,47,48)(H,49,50,51)(H,52,53,54)(H,55,56,57)(H2,31,33,34,35,36). The Labute approximate surface area is 364 Å². The van der Waals surface area contributed by atoms with E-state index in [-0.39, 0.29) is 17.1 Å². The molecule has 29 nitrogen and oxygen atoms in total. The van der Waals surface area contributed by atoms with Gasteiger partial charge in [0.1, 0.15) is 26.1 Å². The van der Waals surface area contributed by atoms with Gasteiger partial charge in [-0.2, -0.15) is 57.0 Å². The van der Waals surface area contributed by atoms with Crippen molar-refractivity contribution in [1.29, 1.82) is 0 Å². The lowest BCUT2D eigenvalue weighted by atomic mass is 10.1. The van der Waals surface area contributed by atoms with E-state index in [2.05, 4.69) is 45.3 Å². The second-order valence-corrected chi connectivity index (χ2v) is 21.3. The van der Waals surface area contributed by atoms with Gasteiger partial charge in [0.2, 0.25) is 17.2 Å². The molecule has 1 aromatic heterocycles. The summed E-state index contributed by atoms with van der Waals surface area (Å²) in [5, 5.41) is 23.5. The number of sulfone groups is 1. The molecule has 11 N–H and O–H groups in total. The van der Waals surface area contributed by atoms with E-state index in [9.17, 15) is 78.6 Å². The zero-order chi connectivity index (χ0) is 48.0. The third-order valence-corrected chi connectivity index (χ3v) is 13.5. The summed E-state index contributed by atoms with van der Waals surface area (Å²) in [4.78, 5) is 17.9. The fourth-order valence-electron chi connectivity index (χ4n) is 5.14. The van der Waals surface area contributed by atoms with Crippen LogP contribution in [0.4, 0.5) is 45.1 Å². The molecule has 0 aliphatic heterocycles. The van der Waals surface area contributed by atoms with Crippen LogP contribution in [-0.2, 0) is 64.9 Å². The van der Waals surface area contributed by atoms with Crippen molar-refractivity contribution in [1.82, 2.24) is 15.0 Å². The Morgan fingerprint density at radius 2 is 1.23 bits per heavy atom. The number of nitrogens with two attached hydrogens (primary N) is 1. The molecule has 0 saturated heterocycles. The fraction of sp³-hybridized carbons (Fsp3) is 0.0714. The van der Waals surface area contributed by atoms with Crippen molar-refractivity contribution in [3.63, 3.8) is 0 Å². The fourth-order valence-corrected chi connectivity index (χ4v) is 9.53. The summed E-state index contributed by atoms with van der Waals surface area (Å²) in [6.07, 6.45) is 0. The summed E-state index contributed by atoms with van der Waals surface area (Å²) in [7, 11) is -30.8. The molecule has 0 spiro atoms. The molecule has 5 aromatic rings. The highest BCUT2D eigenvalue weighted by Crippen LogP contribution is 2.39. The molecule has 64 heavy (non-hydrogen) atoms. The Balaban J connectivity index is 1.53. The van der Waals surface area contributed by atoms with Crippen LogP contribution in [0.15, 0.2) is 89.3 Å². The van der Waals surface area contributed by atoms with Crippen LogP contribution in [0.5, 0.6) is 5.75 Å². The summed E-state index contributed by atoms with van der Waals surface area (Å²) in [6.45, 7) is -1.14. The summed E-state index contributed by atoms with van der Waals surface area (Å²) in [5.41, 5.74) is 2.99. The minimum atomic E-state index is -5.36. The summed E-state index contributed by atoms with van der Waals surface area (Å²) >= 11 is 6.03. The number of nitrogens with zero attached hydrogens (tertiary/aromatic N) is 5. The number of carbonyl (C=O) groups excluding carboxylic acids is 1. The number of aromatic nitrogens is 3. The van der Waals surface area contributed by atoms with E-state index in [1.54, 1.807) is 0 Å². The molecule has 36 heteroatoms. The molecule has 2 amide bonds. The highest BCUT2D eigenvalue weighted by Gasteiger charge is 2.28. The molecule has 0 radical (unpaired) electrons. The van der Waals surface area contributed by atoms with Gasteiger partial charge >= 0.3 is 16.4 Å². The molecule has 0 saturated carbocycles. The normalized spacial score (nSPS) is 13.0. The topological polar surface area (TPSA) is 478 Å². The molecule has 0 fully saturated rings. The average Bonchev–Trinajstić information content (AvgIpc) is 3.11. The number of phenolic OH excluding ortho intramolecular Hbond substituents is 1. The number of anilines is 5. The Hall–Kier alpha value is -5.83. The number of carbonyl (C=O) groups is 1. The number of rotatable bonds is 16. The second-order valence-electron chi connectivity index (χ2n) is 12.2. The van der Waals surface area contributed by atoms with Crippen LogP contribution < -0.4 is 21.7 Å². The van der Waals surface area contributed by atoms with Crippen LogP contribution in [0, 0.1) is 0 Å². The van der Waals surface area contributed by atoms with Crippen molar-refractivity contribution in [3.8, 4) is 5.75 Å². The molecule has 0 bridgehead atoms. The van der Waals surface area contributed by atoms with E-state index in [0.717, 1.165) is 12.1 Å². The number of nitrogens with one attached hydrogen (secondary N) is 3. The third kappa shape index (κ3) is 12.2. The summed E-state index contributed by atoms with van der Waals surface area (Å²) < 4.78 is 196. The van der Waals surface area contributed by atoms with Crippen LogP contribution in [0.2, 0.25) is 5.28 Å². The first-order valence-corrected chi connectivity index (χ1v) is 25.2. The van der Waals surface area contributed by atoms with Gasteiger partial charge in [-0.25, -0.2) is 17.4 Å². The SMILES string of the molecule is NC(=O)Nc1cc(Nc2nc(Cl)nc(Nc3cc(S(=O)(=O)CCOS(=O)(=O)O)cc(S(=O)(=O)O)c3O)n2)ccc1N=Nc1cc2c(S(=O)(=O)O)cc(S(=O)(=O)O)cc2cc1S(=O)(=O)O. The Bertz CT molecular complexity index is 3510. The summed E-state index contributed by atoms with van der Waals surface area (Å²) in [6, 6.07) is 5.32. The molecule has 344 valence electrons. The number of phenols is 1. The van der Waals surface area contributed by atoms with E-state index in [1.165, 1.54) is 6.07 Å². The number of hydrogen-bond acceptors (Lipinski definition) is 22. The predicted octanol–water partition coefficient (Wildman–Crippen LogP) is 2.36. The molecule has 5 rings (SSSR count). The van der Waals surface area contributed by atoms with Crippen LogP contribution in [0.3, 0.4) is 0 Å². The third-order valence-electron chi connectivity index (χ3n) is 7.72. The van der Waals surface area contributed by atoms with Gasteiger partial charge in [0.25, 0.3) is 40.5 Å². The zero-order valence-electron chi connectivity index (χ0n) is 30.6. The Kier molecular flexibility index (Phi) is 13.5. The number of benzene rings is 4. The largest absolute Gasteiger partial charge is 0.504 e. The van der Waals surface area contributed by atoms with Gasteiger partial charge in [-0.15, -0.1) is 10.2 Å². The van der Waals surface area contributed by atoms with Gasteiger partial charge in [0, 0.05) is 11.1 Å². The zero-order valence-corrected chi connectivity index (χ0v) is 36.3. The van der Waals surface area contributed by atoms with Crippen molar-refractivity contribution in [2.75, 3.05) is 28.3 Å².